The van der Waals surface area contributed by atoms with Crippen molar-refractivity contribution in [2.75, 3.05) is 6.61 Å². The third kappa shape index (κ3) is 2.55. The van der Waals surface area contributed by atoms with Crippen molar-refractivity contribution >= 4 is 5.69 Å². The number of aliphatic hydroxyl groups is 1. The van der Waals surface area contributed by atoms with E-state index in [1.807, 2.05) is 0 Å². The second kappa shape index (κ2) is 5.06. The number of aliphatic hydroxyl groups excluding tert-OH is 1. The molecule has 7 nitrogen and oxygen atoms in total. The predicted octanol–water partition coefficient (Wildman–Crippen LogP) is 0.988. The first-order valence-corrected chi connectivity index (χ1v) is 5.19. The molecule has 9 heteroatoms. The third-order valence-electron chi connectivity index (χ3n) is 2.34. The second-order valence-corrected chi connectivity index (χ2v) is 3.64. The number of hydrogen-bond donors (Lipinski definition) is 1. The Morgan fingerprint density at radius 3 is 2.79 bits per heavy atom. The molecule has 0 bridgehead atoms. The van der Waals surface area contributed by atoms with E-state index in [9.17, 15) is 18.9 Å². The van der Waals surface area contributed by atoms with Crippen LogP contribution in [0.5, 0.6) is 0 Å². The van der Waals surface area contributed by atoms with Gasteiger partial charge < -0.3 is 5.11 Å². The number of halogens is 2. The molecule has 1 N–H and O–H groups in total. The number of nitrogens with zero attached hydrogens (tertiary/aromatic N) is 4. The maximum Gasteiger partial charge on any atom is 0.300 e. The molecule has 0 radical (unpaired) electrons. The van der Waals surface area contributed by atoms with Gasteiger partial charge in [-0.2, -0.15) is 0 Å². The van der Waals surface area contributed by atoms with E-state index < -0.39 is 27.9 Å². The van der Waals surface area contributed by atoms with Gasteiger partial charge in [-0.1, -0.05) is 5.21 Å². The van der Waals surface area contributed by atoms with Crippen molar-refractivity contribution in [3.05, 3.63) is 45.8 Å². The molecule has 2 aromatic rings. The number of nitro groups is 1. The molecule has 2 rings (SSSR count). The summed E-state index contributed by atoms with van der Waals surface area (Å²) in [5.41, 5.74) is -0.915. The van der Waals surface area contributed by atoms with Gasteiger partial charge in [0.1, 0.15) is 5.82 Å². The van der Waals surface area contributed by atoms with Crippen LogP contribution in [-0.2, 0) is 6.42 Å². The van der Waals surface area contributed by atoms with Crippen LogP contribution >= 0.6 is 0 Å². The van der Waals surface area contributed by atoms with Crippen LogP contribution in [0.25, 0.3) is 5.69 Å². The highest BCUT2D eigenvalue weighted by molar-refractivity contribution is 5.53. The van der Waals surface area contributed by atoms with Crippen LogP contribution in [0.15, 0.2) is 18.3 Å². The summed E-state index contributed by atoms with van der Waals surface area (Å²) in [5.74, 6) is -2.17. The number of nitro benzene ring substituents is 1. The first kappa shape index (κ1) is 13.0. The van der Waals surface area contributed by atoms with Crippen molar-refractivity contribution in [1.82, 2.24) is 15.0 Å². The van der Waals surface area contributed by atoms with Gasteiger partial charge in [-0.25, -0.2) is 13.5 Å². The lowest BCUT2D eigenvalue weighted by Crippen LogP contribution is -2.05. The molecule has 0 aliphatic rings. The van der Waals surface area contributed by atoms with Crippen LogP contribution in [0.4, 0.5) is 14.5 Å². The molecule has 1 heterocycles. The summed E-state index contributed by atoms with van der Waals surface area (Å²) in [6, 6.07) is 1.13. The average Bonchev–Trinajstić information content (AvgIpc) is 2.76. The van der Waals surface area contributed by atoms with Crippen molar-refractivity contribution in [1.29, 1.82) is 0 Å². The molecule has 1 aromatic heterocycles. The highest BCUT2D eigenvalue weighted by Gasteiger charge is 2.23. The van der Waals surface area contributed by atoms with E-state index in [4.69, 9.17) is 5.11 Å². The summed E-state index contributed by atoms with van der Waals surface area (Å²) in [4.78, 5) is 9.89. The Bertz CT molecular complexity index is 629. The number of aromatic nitrogens is 3. The van der Waals surface area contributed by atoms with Crippen LogP contribution in [-0.4, -0.2) is 31.6 Å². The summed E-state index contributed by atoms with van der Waals surface area (Å²) < 4.78 is 27.5. The molecule has 19 heavy (non-hydrogen) atoms. The van der Waals surface area contributed by atoms with Gasteiger partial charge in [-0.15, -0.1) is 5.10 Å². The largest absolute Gasteiger partial charge is 0.396 e. The van der Waals surface area contributed by atoms with E-state index >= 15 is 0 Å². The normalized spacial score (nSPS) is 10.7. The average molecular weight is 270 g/mol. The van der Waals surface area contributed by atoms with E-state index in [-0.39, 0.29) is 13.0 Å². The first-order valence-electron chi connectivity index (χ1n) is 5.19. The molecule has 0 spiro atoms. The quantitative estimate of drug-likeness (QED) is 0.660. The molecule has 0 fully saturated rings. The fourth-order valence-corrected chi connectivity index (χ4v) is 1.56. The Labute approximate surface area is 105 Å². The topological polar surface area (TPSA) is 94.1 Å². The third-order valence-corrected chi connectivity index (χ3v) is 2.34. The van der Waals surface area contributed by atoms with Gasteiger partial charge >= 0.3 is 5.69 Å². The number of benzene rings is 1. The lowest BCUT2D eigenvalue weighted by molar-refractivity contribution is -0.385. The number of rotatable bonds is 4. The van der Waals surface area contributed by atoms with Gasteiger partial charge in [0.05, 0.1) is 22.9 Å². The Morgan fingerprint density at radius 1 is 1.42 bits per heavy atom. The summed E-state index contributed by atoms with van der Waals surface area (Å²) in [6.45, 7) is -0.188. The molecular formula is C10H8F2N4O3. The minimum Gasteiger partial charge on any atom is -0.396 e. The van der Waals surface area contributed by atoms with Crippen LogP contribution in [0.1, 0.15) is 5.69 Å². The van der Waals surface area contributed by atoms with E-state index in [1.165, 1.54) is 6.20 Å². The zero-order valence-corrected chi connectivity index (χ0v) is 9.45. The minimum absolute atomic E-state index is 0.177. The van der Waals surface area contributed by atoms with Gasteiger partial charge in [0.2, 0.25) is 0 Å². The SMILES string of the molecule is O=[N+]([O-])c1cc(F)cc(F)c1-n1cc(CCO)nn1. The molecule has 0 saturated heterocycles. The Kier molecular flexibility index (Phi) is 3.47. The van der Waals surface area contributed by atoms with Gasteiger partial charge in [-0.05, 0) is 0 Å². The summed E-state index contributed by atoms with van der Waals surface area (Å²) >= 11 is 0. The zero-order chi connectivity index (χ0) is 14.0. The smallest absolute Gasteiger partial charge is 0.300 e. The molecule has 100 valence electrons. The Morgan fingerprint density at radius 2 is 2.16 bits per heavy atom. The van der Waals surface area contributed by atoms with Crippen molar-refractivity contribution in [2.24, 2.45) is 0 Å². The van der Waals surface area contributed by atoms with Crippen molar-refractivity contribution in [2.45, 2.75) is 6.42 Å². The van der Waals surface area contributed by atoms with E-state index in [2.05, 4.69) is 10.3 Å². The van der Waals surface area contributed by atoms with Crippen molar-refractivity contribution < 1.29 is 18.8 Å². The first-order chi connectivity index (χ1) is 9.02. The van der Waals surface area contributed by atoms with E-state index in [0.717, 1.165) is 4.68 Å². The fraction of sp³-hybridized carbons (Fsp3) is 0.200. The molecular weight excluding hydrogens is 262 g/mol. The lowest BCUT2D eigenvalue weighted by atomic mass is 10.2. The van der Waals surface area contributed by atoms with Gasteiger partial charge in [-0.3, -0.25) is 10.1 Å². The van der Waals surface area contributed by atoms with E-state index in [0.29, 0.717) is 17.8 Å². The van der Waals surface area contributed by atoms with Crippen LogP contribution in [0, 0.1) is 21.7 Å². The van der Waals surface area contributed by atoms with Gasteiger partial charge in [0, 0.05) is 19.1 Å². The summed E-state index contributed by atoms with van der Waals surface area (Å²) in [6.07, 6.45) is 1.41. The highest BCUT2D eigenvalue weighted by Crippen LogP contribution is 2.26. The molecule has 0 aliphatic heterocycles. The summed E-state index contributed by atoms with van der Waals surface area (Å²) in [7, 11) is 0. The molecule has 0 unspecified atom stereocenters. The second-order valence-electron chi connectivity index (χ2n) is 3.64. The lowest BCUT2D eigenvalue weighted by Gasteiger charge is -2.03. The predicted molar refractivity (Wildman–Crippen MR) is 58.7 cm³/mol. The Balaban J connectivity index is 2.56. The fourth-order valence-electron chi connectivity index (χ4n) is 1.56. The number of hydrogen-bond acceptors (Lipinski definition) is 5. The molecule has 0 saturated carbocycles. The Hall–Kier alpha value is -2.42. The van der Waals surface area contributed by atoms with Crippen LogP contribution in [0.3, 0.4) is 0 Å². The van der Waals surface area contributed by atoms with Gasteiger partial charge in [0.15, 0.2) is 11.5 Å². The molecule has 0 aliphatic carbocycles. The highest BCUT2D eigenvalue weighted by atomic mass is 19.1. The van der Waals surface area contributed by atoms with E-state index in [1.54, 1.807) is 0 Å². The maximum absolute atomic E-state index is 13.7. The van der Waals surface area contributed by atoms with Crippen LogP contribution in [0.2, 0.25) is 0 Å². The standard InChI is InChI=1S/C10H8F2N4O3/c11-6-3-8(12)10(9(4-6)16(18)19)15-5-7(1-2-17)13-14-15/h3-5,17H,1-2H2. The maximum atomic E-state index is 13.7. The van der Waals surface area contributed by atoms with Crippen molar-refractivity contribution in [3.8, 4) is 5.69 Å². The summed E-state index contributed by atoms with van der Waals surface area (Å²) in [5, 5.41) is 26.7. The molecule has 1 aromatic carbocycles. The monoisotopic (exact) mass is 270 g/mol. The van der Waals surface area contributed by atoms with Crippen molar-refractivity contribution in [3.63, 3.8) is 0 Å². The molecule has 0 amide bonds. The zero-order valence-electron chi connectivity index (χ0n) is 9.45. The van der Waals surface area contributed by atoms with Gasteiger partial charge in [0.25, 0.3) is 0 Å². The molecule has 0 atom stereocenters. The van der Waals surface area contributed by atoms with Crippen LogP contribution < -0.4 is 0 Å². The minimum atomic E-state index is -1.12.